The highest BCUT2D eigenvalue weighted by Crippen LogP contribution is 2.32. The fourth-order valence-electron chi connectivity index (χ4n) is 5.85. The highest BCUT2D eigenvalue weighted by atomic mass is 16.7. The minimum atomic E-state index is -1.30. The van der Waals surface area contributed by atoms with Crippen LogP contribution in [0.1, 0.15) is 53.9 Å². The number of cyclic esters (lactones) is 1. The molecule has 11 heteroatoms. The molecule has 1 unspecified atom stereocenters. The fraction of sp³-hybridized carbons (Fsp3) is 0.727. The molecule has 248 valence electrons. The molecular formula is C33H51NO10. The Kier molecular flexibility index (Phi) is 15.4. The van der Waals surface area contributed by atoms with Crippen molar-refractivity contribution in [2.75, 3.05) is 27.3 Å². The Morgan fingerprint density at radius 2 is 1.82 bits per heavy atom. The molecule has 0 aromatic rings. The van der Waals surface area contributed by atoms with Gasteiger partial charge in [-0.3, -0.25) is 9.59 Å². The van der Waals surface area contributed by atoms with Crippen LogP contribution >= 0.6 is 0 Å². The normalized spacial score (nSPS) is 40.0. The molecule has 1 saturated heterocycles. The second-order valence-corrected chi connectivity index (χ2v) is 12.3. The van der Waals surface area contributed by atoms with E-state index in [0.717, 1.165) is 5.57 Å². The number of hydrogen-bond donors (Lipinski definition) is 3. The van der Waals surface area contributed by atoms with Crippen LogP contribution < -0.4 is 0 Å². The van der Waals surface area contributed by atoms with Gasteiger partial charge in [-0.2, -0.15) is 0 Å². The predicted molar refractivity (Wildman–Crippen MR) is 163 cm³/mol. The molecule has 3 N–H and O–H groups in total. The Hall–Kier alpha value is -2.43. The molecule has 1 fully saturated rings. The molecule has 0 spiro atoms. The third-order valence-electron chi connectivity index (χ3n) is 8.55. The number of aliphatic hydroxyl groups is 3. The summed E-state index contributed by atoms with van der Waals surface area (Å²) in [5.74, 6) is -1.11. The van der Waals surface area contributed by atoms with Crippen LogP contribution in [0.5, 0.6) is 0 Å². The lowest BCUT2D eigenvalue weighted by atomic mass is 9.81. The lowest BCUT2D eigenvalue weighted by Gasteiger charge is -2.46. The zero-order valence-corrected chi connectivity index (χ0v) is 27.0. The number of carbonyl (C=O) groups is 3. The predicted octanol–water partition coefficient (Wildman–Crippen LogP) is 1.67. The first-order valence-electron chi connectivity index (χ1n) is 15.3. The van der Waals surface area contributed by atoms with Gasteiger partial charge in [-0.25, -0.2) is 0 Å². The quantitative estimate of drug-likeness (QED) is 0.157. The average molecular weight is 622 g/mol. The topological polar surface area (TPSA) is 152 Å². The van der Waals surface area contributed by atoms with Gasteiger partial charge < -0.3 is 44.0 Å². The van der Waals surface area contributed by atoms with Crippen LogP contribution in [0.3, 0.4) is 0 Å². The lowest BCUT2D eigenvalue weighted by Crippen LogP contribution is -2.63. The van der Waals surface area contributed by atoms with Crippen molar-refractivity contribution in [2.24, 2.45) is 23.7 Å². The summed E-state index contributed by atoms with van der Waals surface area (Å²) in [7, 11) is 3.41. The molecule has 0 aromatic heterocycles. The smallest absolute Gasteiger partial charge is 0.308 e. The Morgan fingerprint density at radius 1 is 1.14 bits per heavy atom. The highest BCUT2D eigenvalue weighted by molar-refractivity contribution is 5.92. The van der Waals surface area contributed by atoms with Gasteiger partial charge in [-0.05, 0) is 46.9 Å². The number of likely N-dealkylation sites (N-methyl/N-ethyl adjacent to an activating group) is 1. The molecule has 12 atom stereocenters. The number of aldehydes is 1. The first-order valence-corrected chi connectivity index (χ1v) is 15.3. The Labute approximate surface area is 261 Å². The van der Waals surface area contributed by atoms with Crippen molar-refractivity contribution in [1.82, 2.24) is 4.90 Å². The standard InChI is InChI=1S/C33H51NO10/c1-9-13-41-18-24-14-19(3)11-12-25(36)20(4)15-23(17-35)32(21(5)26(37)16-28(38)43-27(24)10-2)44-33-31(40)29(34(7)8)30(39)22(6)42-33/h1,11-12,14,17,20-24,26-27,29-33,37,39-40H,10,13,15-16,18H2,2-8H3/b12-11-,19-14+/t20-,21+,22-,23?,24-,26-,27-,29+,30-,31-,32-,33+/m1/s1. The number of carbonyl (C=O) groups excluding carboxylic acids is 3. The largest absolute Gasteiger partial charge is 0.462 e. The summed E-state index contributed by atoms with van der Waals surface area (Å²) in [4.78, 5) is 40.4. The third-order valence-corrected chi connectivity index (χ3v) is 8.55. The highest BCUT2D eigenvalue weighted by Gasteiger charge is 2.47. The average Bonchev–Trinajstić information content (AvgIpc) is 2.97. The maximum absolute atomic E-state index is 13.1. The molecule has 2 aliphatic heterocycles. The van der Waals surface area contributed by atoms with Gasteiger partial charge in [0.15, 0.2) is 12.1 Å². The summed E-state index contributed by atoms with van der Waals surface area (Å²) < 4.78 is 23.4. The van der Waals surface area contributed by atoms with Crippen LogP contribution in [-0.2, 0) is 33.3 Å². The molecular weight excluding hydrogens is 570 g/mol. The van der Waals surface area contributed by atoms with Crippen molar-refractivity contribution in [2.45, 2.75) is 103 Å². The van der Waals surface area contributed by atoms with Crippen LogP contribution in [0.15, 0.2) is 23.8 Å². The number of ketones is 1. The van der Waals surface area contributed by atoms with Gasteiger partial charge >= 0.3 is 5.97 Å². The van der Waals surface area contributed by atoms with Crippen molar-refractivity contribution in [3.05, 3.63) is 23.8 Å². The van der Waals surface area contributed by atoms with Crippen LogP contribution in [0, 0.1) is 36.0 Å². The number of hydrogen-bond acceptors (Lipinski definition) is 11. The summed E-state index contributed by atoms with van der Waals surface area (Å²) in [6.45, 7) is 8.93. The zero-order chi connectivity index (χ0) is 33.1. The summed E-state index contributed by atoms with van der Waals surface area (Å²) in [5.41, 5.74) is 0.749. The van der Waals surface area contributed by atoms with E-state index in [1.807, 2.05) is 19.9 Å². The minimum absolute atomic E-state index is 0.0835. The Bertz CT molecular complexity index is 1050. The van der Waals surface area contributed by atoms with Gasteiger partial charge in [0, 0.05) is 23.7 Å². The maximum atomic E-state index is 13.1. The van der Waals surface area contributed by atoms with Crippen molar-refractivity contribution in [3.63, 3.8) is 0 Å². The van der Waals surface area contributed by atoms with E-state index in [9.17, 15) is 29.7 Å². The number of esters is 1. The van der Waals surface area contributed by atoms with E-state index in [1.165, 1.54) is 6.08 Å². The molecule has 2 heterocycles. The van der Waals surface area contributed by atoms with Crippen LogP contribution in [0.2, 0.25) is 0 Å². The molecule has 2 aliphatic rings. The van der Waals surface area contributed by atoms with Gasteiger partial charge in [0.25, 0.3) is 0 Å². The number of ether oxygens (including phenoxy) is 4. The van der Waals surface area contributed by atoms with Gasteiger partial charge in [0.2, 0.25) is 0 Å². The van der Waals surface area contributed by atoms with E-state index in [1.54, 1.807) is 45.8 Å². The van der Waals surface area contributed by atoms with Crippen LogP contribution in [0.4, 0.5) is 0 Å². The minimum Gasteiger partial charge on any atom is -0.462 e. The molecule has 0 bridgehead atoms. The van der Waals surface area contributed by atoms with E-state index in [-0.39, 0.29) is 37.8 Å². The zero-order valence-electron chi connectivity index (χ0n) is 27.0. The molecule has 0 amide bonds. The maximum Gasteiger partial charge on any atom is 0.308 e. The Balaban J connectivity index is 2.48. The van der Waals surface area contributed by atoms with E-state index in [0.29, 0.717) is 12.7 Å². The summed E-state index contributed by atoms with van der Waals surface area (Å²) in [6, 6.07) is -0.731. The van der Waals surface area contributed by atoms with Crippen LogP contribution in [0.25, 0.3) is 0 Å². The van der Waals surface area contributed by atoms with Gasteiger partial charge in [-0.15, -0.1) is 6.42 Å². The summed E-state index contributed by atoms with van der Waals surface area (Å²) in [6.07, 6.45) is 3.91. The van der Waals surface area contributed by atoms with E-state index in [4.69, 9.17) is 25.4 Å². The second kappa shape index (κ2) is 17.9. The van der Waals surface area contributed by atoms with Crippen molar-refractivity contribution >= 4 is 18.0 Å². The van der Waals surface area contributed by atoms with Gasteiger partial charge in [0.05, 0.1) is 43.5 Å². The first kappa shape index (κ1) is 37.8. The molecule has 11 nitrogen and oxygen atoms in total. The number of terminal acetylenes is 1. The number of allylic oxidation sites excluding steroid dienone is 3. The lowest BCUT2D eigenvalue weighted by molar-refractivity contribution is -0.302. The monoisotopic (exact) mass is 621 g/mol. The molecule has 0 saturated carbocycles. The van der Waals surface area contributed by atoms with Gasteiger partial charge in [-0.1, -0.05) is 44.4 Å². The van der Waals surface area contributed by atoms with Crippen LogP contribution in [-0.4, -0.2) is 115 Å². The van der Waals surface area contributed by atoms with Crippen molar-refractivity contribution in [3.8, 4) is 12.3 Å². The summed E-state index contributed by atoms with van der Waals surface area (Å²) >= 11 is 0. The van der Waals surface area contributed by atoms with Crippen molar-refractivity contribution in [1.29, 1.82) is 0 Å². The van der Waals surface area contributed by atoms with Gasteiger partial charge in [0.1, 0.15) is 25.1 Å². The molecule has 0 aliphatic carbocycles. The molecule has 2 rings (SSSR count). The third kappa shape index (κ3) is 10.3. The molecule has 44 heavy (non-hydrogen) atoms. The number of aliphatic hydroxyl groups excluding tert-OH is 3. The van der Waals surface area contributed by atoms with Crippen molar-refractivity contribution < 1.29 is 48.7 Å². The second-order valence-electron chi connectivity index (χ2n) is 12.3. The summed E-state index contributed by atoms with van der Waals surface area (Å²) in [5, 5.41) is 33.0. The SMILES string of the molecule is C#CCOC[C@H]1/C=C(C)/C=C\C(=O)[C@H](C)CC(C=O)[C@H](O[C@@H]2O[C@H](C)[C@@H](O)[C@H](N(C)C)[C@H]2O)[C@@H](C)[C@H](O)CC(=O)O[C@@H]1CC. The Morgan fingerprint density at radius 3 is 2.41 bits per heavy atom. The van der Waals surface area contributed by atoms with E-state index in [2.05, 4.69) is 5.92 Å². The fourth-order valence-corrected chi connectivity index (χ4v) is 5.85. The molecule has 0 radical (unpaired) electrons. The molecule has 0 aromatic carbocycles. The van der Waals surface area contributed by atoms with E-state index < -0.39 is 72.7 Å². The number of nitrogens with zero attached hydrogens (tertiary/aromatic N) is 1. The first-order chi connectivity index (χ1) is 20.7. The number of rotatable bonds is 8. The van der Waals surface area contributed by atoms with E-state index >= 15 is 0 Å².